The fraction of sp³-hybridized carbons (Fsp3) is 0.769. The number of hydrogen-bond acceptors (Lipinski definition) is 4. The normalized spacial score (nSPS) is 15.6. The molecule has 0 spiro atoms. The molecule has 7 nitrogen and oxygen atoms in total. The van der Waals surface area contributed by atoms with Gasteiger partial charge < -0.3 is 20.1 Å². The van der Waals surface area contributed by atoms with E-state index in [9.17, 15) is 14.4 Å². The second-order valence-electron chi connectivity index (χ2n) is 5.41. The van der Waals surface area contributed by atoms with Crippen LogP contribution in [0.1, 0.15) is 33.1 Å². The molecule has 0 saturated heterocycles. The molecule has 1 fully saturated rings. The number of amides is 2. The monoisotopic (exact) mass is 286 g/mol. The topological polar surface area (TPSA) is 95.9 Å². The Morgan fingerprint density at radius 2 is 1.95 bits per heavy atom. The third kappa shape index (κ3) is 5.07. The molecule has 1 atom stereocenters. The fourth-order valence-corrected chi connectivity index (χ4v) is 1.96. The number of urea groups is 1. The van der Waals surface area contributed by atoms with E-state index in [1.807, 2.05) is 13.8 Å². The van der Waals surface area contributed by atoms with Gasteiger partial charge in [0.1, 0.15) is 12.6 Å². The van der Waals surface area contributed by atoms with E-state index in [4.69, 9.17) is 5.11 Å². The molecule has 7 heteroatoms. The van der Waals surface area contributed by atoms with Gasteiger partial charge in [0.05, 0.1) is 7.11 Å². The standard InChI is InChI=1S/C13H22N2O5/c1-8(2)6-10(12(18)20-3)14-13(19)15(7-11(16)17)9-4-5-9/h8-10H,4-7H2,1-3H3,(H,14,19)(H,16,17). The lowest BCUT2D eigenvalue weighted by Gasteiger charge is -2.25. The highest BCUT2D eigenvalue weighted by atomic mass is 16.5. The van der Waals surface area contributed by atoms with Gasteiger partial charge in [0.15, 0.2) is 0 Å². The Kier molecular flexibility index (Phi) is 5.79. The molecule has 1 saturated carbocycles. The SMILES string of the molecule is COC(=O)C(CC(C)C)NC(=O)N(CC(=O)O)C1CC1. The zero-order valence-electron chi connectivity index (χ0n) is 12.1. The van der Waals surface area contributed by atoms with Crippen molar-refractivity contribution < 1.29 is 24.2 Å². The maximum absolute atomic E-state index is 12.1. The highest BCUT2D eigenvalue weighted by molar-refractivity contribution is 5.85. The summed E-state index contributed by atoms with van der Waals surface area (Å²) in [5.74, 6) is -1.38. The van der Waals surface area contributed by atoms with Crippen LogP contribution in [0.25, 0.3) is 0 Å². The quantitative estimate of drug-likeness (QED) is 0.676. The molecule has 0 radical (unpaired) electrons. The molecule has 1 aliphatic rings. The molecular formula is C13H22N2O5. The molecule has 0 aromatic carbocycles. The summed E-state index contributed by atoms with van der Waals surface area (Å²) < 4.78 is 4.66. The summed E-state index contributed by atoms with van der Waals surface area (Å²) in [5, 5.41) is 11.4. The van der Waals surface area contributed by atoms with Crippen LogP contribution in [-0.4, -0.2) is 53.7 Å². The molecule has 2 amide bonds. The average molecular weight is 286 g/mol. The van der Waals surface area contributed by atoms with Crippen molar-refractivity contribution in [2.45, 2.75) is 45.2 Å². The van der Waals surface area contributed by atoms with Gasteiger partial charge in [-0.25, -0.2) is 9.59 Å². The van der Waals surface area contributed by atoms with Crippen LogP contribution in [0.3, 0.4) is 0 Å². The molecule has 0 aliphatic heterocycles. The summed E-state index contributed by atoms with van der Waals surface area (Å²) in [6.07, 6.45) is 2.05. The van der Waals surface area contributed by atoms with Gasteiger partial charge in [-0.05, 0) is 25.2 Å². The Bertz CT molecular complexity index is 379. The molecule has 1 unspecified atom stereocenters. The van der Waals surface area contributed by atoms with Crippen molar-refractivity contribution in [3.05, 3.63) is 0 Å². The number of carboxylic acid groups (broad SMARTS) is 1. The van der Waals surface area contributed by atoms with E-state index in [0.29, 0.717) is 6.42 Å². The van der Waals surface area contributed by atoms with Gasteiger partial charge in [0, 0.05) is 6.04 Å². The van der Waals surface area contributed by atoms with E-state index < -0.39 is 24.0 Å². The summed E-state index contributed by atoms with van der Waals surface area (Å²) in [5.41, 5.74) is 0. The first-order chi connectivity index (χ1) is 9.35. The van der Waals surface area contributed by atoms with Gasteiger partial charge in [-0.2, -0.15) is 0 Å². The maximum atomic E-state index is 12.1. The maximum Gasteiger partial charge on any atom is 0.328 e. The van der Waals surface area contributed by atoms with Crippen LogP contribution in [0, 0.1) is 5.92 Å². The van der Waals surface area contributed by atoms with Crippen molar-refractivity contribution in [3.8, 4) is 0 Å². The van der Waals surface area contributed by atoms with E-state index in [0.717, 1.165) is 12.8 Å². The summed E-state index contributed by atoms with van der Waals surface area (Å²) in [4.78, 5) is 35.8. The molecule has 0 heterocycles. The average Bonchev–Trinajstić information content (AvgIpc) is 3.17. The molecule has 0 aromatic heterocycles. The van der Waals surface area contributed by atoms with Gasteiger partial charge in [0.2, 0.25) is 0 Å². The number of carboxylic acids is 1. The minimum absolute atomic E-state index is 0.0385. The molecule has 114 valence electrons. The minimum atomic E-state index is -1.06. The summed E-state index contributed by atoms with van der Waals surface area (Å²) in [6, 6.07) is -1.31. The number of hydrogen-bond donors (Lipinski definition) is 2. The predicted molar refractivity (Wildman–Crippen MR) is 71.2 cm³/mol. The number of nitrogens with zero attached hydrogens (tertiary/aromatic N) is 1. The number of esters is 1. The Balaban J connectivity index is 2.66. The molecule has 0 aromatic rings. The zero-order chi connectivity index (χ0) is 15.3. The number of methoxy groups -OCH3 is 1. The number of aliphatic carboxylic acids is 1. The molecular weight excluding hydrogens is 264 g/mol. The van der Waals surface area contributed by atoms with Crippen molar-refractivity contribution in [1.29, 1.82) is 0 Å². The van der Waals surface area contributed by atoms with Crippen molar-refractivity contribution in [3.63, 3.8) is 0 Å². The Labute approximate surface area is 118 Å². The lowest BCUT2D eigenvalue weighted by atomic mass is 10.0. The lowest BCUT2D eigenvalue weighted by molar-refractivity contribution is -0.143. The highest BCUT2D eigenvalue weighted by Crippen LogP contribution is 2.26. The van der Waals surface area contributed by atoms with Gasteiger partial charge in [-0.15, -0.1) is 0 Å². The van der Waals surface area contributed by atoms with Crippen molar-refractivity contribution in [2.24, 2.45) is 5.92 Å². The summed E-state index contributed by atoms with van der Waals surface area (Å²) in [7, 11) is 1.26. The molecule has 1 rings (SSSR count). The largest absolute Gasteiger partial charge is 0.480 e. The number of ether oxygens (including phenoxy) is 1. The van der Waals surface area contributed by atoms with E-state index in [1.54, 1.807) is 0 Å². The Morgan fingerprint density at radius 3 is 2.35 bits per heavy atom. The summed E-state index contributed by atoms with van der Waals surface area (Å²) in [6.45, 7) is 3.50. The second-order valence-corrected chi connectivity index (χ2v) is 5.41. The zero-order valence-corrected chi connectivity index (χ0v) is 12.1. The van der Waals surface area contributed by atoms with Gasteiger partial charge in [-0.1, -0.05) is 13.8 Å². The molecule has 1 aliphatic carbocycles. The van der Waals surface area contributed by atoms with Crippen LogP contribution in [-0.2, 0) is 14.3 Å². The first-order valence-electron chi connectivity index (χ1n) is 6.71. The number of nitrogens with one attached hydrogen (secondary N) is 1. The van der Waals surface area contributed by atoms with E-state index in [1.165, 1.54) is 12.0 Å². The highest BCUT2D eigenvalue weighted by Gasteiger charge is 2.35. The van der Waals surface area contributed by atoms with Crippen LogP contribution in [0.15, 0.2) is 0 Å². The predicted octanol–water partition coefficient (Wildman–Crippen LogP) is 0.833. The number of rotatable bonds is 7. The Morgan fingerprint density at radius 1 is 1.35 bits per heavy atom. The molecule has 20 heavy (non-hydrogen) atoms. The summed E-state index contributed by atoms with van der Waals surface area (Å²) >= 11 is 0. The minimum Gasteiger partial charge on any atom is -0.480 e. The van der Waals surface area contributed by atoms with E-state index in [-0.39, 0.29) is 18.5 Å². The van der Waals surface area contributed by atoms with E-state index >= 15 is 0 Å². The molecule has 0 bridgehead atoms. The lowest BCUT2D eigenvalue weighted by Crippen LogP contribution is -2.50. The van der Waals surface area contributed by atoms with Crippen LogP contribution < -0.4 is 5.32 Å². The third-order valence-corrected chi connectivity index (χ3v) is 3.04. The van der Waals surface area contributed by atoms with Crippen LogP contribution >= 0.6 is 0 Å². The second kappa shape index (κ2) is 7.12. The smallest absolute Gasteiger partial charge is 0.328 e. The first kappa shape index (κ1) is 16.3. The van der Waals surface area contributed by atoms with E-state index in [2.05, 4.69) is 10.1 Å². The first-order valence-corrected chi connectivity index (χ1v) is 6.71. The Hall–Kier alpha value is -1.79. The van der Waals surface area contributed by atoms with Gasteiger partial charge in [0.25, 0.3) is 0 Å². The van der Waals surface area contributed by atoms with Gasteiger partial charge in [-0.3, -0.25) is 4.79 Å². The van der Waals surface area contributed by atoms with Crippen LogP contribution in [0.4, 0.5) is 4.79 Å². The fourth-order valence-electron chi connectivity index (χ4n) is 1.96. The van der Waals surface area contributed by atoms with Crippen LogP contribution in [0.5, 0.6) is 0 Å². The van der Waals surface area contributed by atoms with Crippen molar-refractivity contribution in [2.75, 3.05) is 13.7 Å². The van der Waals surface area contributed by atoms with Crippen molar-refractivity contribution >= 4 is 18.0 Å². The third-order valence-electron chi connectivity index (χ3n) is 3.04. The number of carbonyl (C=O) groups excluding carboxylic acids is 2. The van der Waals surface area contributed by atoms with Crippen LogP contribution in [0.2, 0.25) is 0 Å². The molecule has 2 N–H and O–H groups in total. The van der Waals surface area contributed by atoms with Crippen molar-refractivity contribution in [1.82, 2.24) is 10.2 Å². The van der Waals surface area contributed by atoms with Gasteiger partial charge >= 0.3 is 18.0 Å². The number of carbonyl (C=O) groups is 3.